The summed E-state index contributed by atoms with van der Waals surface area (Å²) in [5.41, 5.74) is 0.0647. The number of methoxy groups -OCH3 is 1. The number of ether oxygens (including phenoxy) is 1. The first kappa shape index (κ1) is 10.5. The third kappa shape index (κ3) is 2.45. The van der Waals surface area contributed by atoms with Crippen LogP contribution in [0.4, 0.5) is 0 Å². The van der Waals surface area contributed by atoms with E-state index in [0.717, 1.165) is 5.76 Å². The molecule has 0 fully saturated rings. The van der Waals surface area contributed by atoms with Crippen LogP contribution >= 0.6 is 0 Å². The van der Waals surface area contributed by atoms with Crippen molar-refractivity contribution < 1.29 is 14.5 Å². The molecule has 0 spiro atoms. The van der Waals surface area contributed by atoms with Crippen LogP contribution in [0.25, 0.3) is 0 Å². The van der Waals surface area contributed by atoms with E-state index >= 15 is 0 Å². The molecule has 1 rings (SSSR count). The van der Waals surface area contributed by atoms with Crippen molar-refractivity contribution >= 4 is 0 Å². The smallest absolute Gasteiger partial charge is 0.169 e. The summed E-state index contributed by atoms with van der Waals surface area (Å²) >= 11 is 0. The Morgan fingerprint density at radius 2 is 2.08 bits per heavy atom. The topological polar surface area (TPSA) is 27.7 Å². The summed E-state index contributed by atoms with van der Waals surface area (Å²) in [5.74, 6) is 0.766. The zero-order valence-corrected chi connectivity index (χ0v) is 8.96. The first-order valence-corrected chi connectivity index (χ1v) is 4.53. The third-order valence-electron chi connectivity index (χ3n) is 2.17. The minimum atomic E-state index is -0.0349. The molecule has 0 aliphatic carbocycles. The first-order valence-electron chi connectivity index (χ1n) is 4.53. The van der Waals surface area contributed by atoms with Crippen molar-refractivity contribution in [1.29, 1.82) is 0 Å². The minimum absolute atomic E-state index is 0.0140. The second kappa shape index (κ2) is 3.68. The highest BCUT2D eigenvalue weighted by Crippen LogP contribution is 2.30. The molecule has 3 heteroatoms. The average molecular weight is 186 g/mol. The largest absolute Gasteiger partial charge is 0.374 e. The van der Waals surface area contributed by atoms with Gasteiger partial charge in [0, 0.05) is 7.11 Å². The van der Waals surface area contributed by atoms with Crippen molar-refractivity contribution in [2.75, 3.05) is 7.11 Å². The van der Waals surface area contributed by atoms with Crippen molar-refractivity contribution in [3.8, 4) is 0 Å². The number of hydrogen-bond donors (Lipinski definition) is 0. The van der Waals surface area contributed by atoms with Crippen LogP contribution in [0.3, 0.4) is 0 Å². The van der Waals surface area contributed by atoms with Crippen LogP contribution in [0.5, 0.6) is 0 Å². The quantitative estimate of drug-likeness (QED) is 0.619. The van der Waals surface area contributed by atoms with Crippen molar-refractivity contribution in [3.63, 3.8) is 0 Å². The molecule has 3 nitrogen and oxygen atoms in total. The fourth-order valence-electron chi connectivity index (χ4n) is 1.03. The predicted octanol–water partition coefficient (Wildman–Crippen LogP) is 2.28. The highest BCUT2D eigenvalue weighted by Gasteiger charge is 2.32. The second-order valence-corrected chi connectivity index (χ2v) is 4.41. The summed E-state index contributed by atoms with van der Waals surface area (Å²) in [6.45, 7) is 8.26. The highest BCUT2D eigenvalue weighted by atomic mass is 17.2. The van der Waals surface area contributed by atoms with Gasteiger partial charge in [0.1, 0.15) is 12.2 Å². The maximum Gasteiger partial charge on any atom is 0.169 e. The van der Waals surface area contributed by atoms with Crippen LogP contribution in [0.15, 0.2) is 11.8 Å². The lowest BCUT2D eigenvalue weighted by Crippen LogP contribution is -2.23. The van der Waals surface area contributed by atoms with Crippen LogP contribution in [-0.4, -0.2) is 19.3 Å². The van der Waals surface area contributed by atoms with Gasteiger partial charge in [-0.1, -0.05) is 20.8 Å². The molecule has 76 valence electrons. The lowest BCUT2D eigenvalue weighted by Gasteiger charge is -2.21. The van der Waals surface area contributed by atoms with E-state index < -0.39 is 0 Å². The molecule has 0 saturated heterocycles. The Labute approximate surface area is 79.6 Å². The van der Waals surface area contributed by atoms with Crippen molar-refractivity contribution in [3.05, 3.63) is 11.8 Å². The maximum absolute atomic E-state index is 5.18. The maximum atomic E-state index is 5.18. The van der Waals surface area contributed by atoms with E-state index in [2.05, 4.69) is 20.8 Å². The van der Waals surface area contributed by atoms with E-state index in [-0.39, 0.29) is 17.6 Å². The first-order chi connectivity index (χ1) is 5.95. The normalized spacial score (nSPS) is 25.3. The highest BCUT2D eigenvalue weighted by molar-refractivity contribution is 5.07. The lowest BCUT2D eigenvalue weighted by atomic mass is 9.89. The van der Waals surface area contributed by atoms with Crippen LogP contribution in [0.2, 0.25) is 0 Å². The molecular formula is C10H18O3. The molecule has 1 heterocycles. The summed E-state index contributed by atoms with van der Waals surface area (Å²) in [4.78, 5) is 10.3. The van der Waals surface area contributed by atoms with E-state index in [1.165, 1.54) is 0 Å². The van der Waals surface area contributed by atoms with Gasteiger partial charge in [0.05, 0.1) is 0 Å². The Morgan fingerprint density at radius 1 is 1.46 bits per heavy atom. The minimum Gasteiger partial charge on any atom is -0.374 e. The van der Waals surface area contributed by atoms with Gasteiger partial charge in [0.25, 0.3) is 0 Å². The zero-order chi connectivity index (χ0) is 10.1. The van der Waals surface area contributed by atoms with Crippen LogP contribution < -0.4 is 0 Å². The molecule has 0 aromatic rings. The standard InChI is InChI=1S/C10H18O3/c1-7(11-5)8-6-9(13-12-8)10(2,3)4/h6-7,9H,1-5H3. The molecule has 2 atom stereocenters. The van der Waals surface area contributed by atoms with Crippen molar-refractivity contribution in [2.24, 2.45) is 5.41 Å². The SMILES string of the molecule is COC(C)C1=CC(C(C)(C)C)OO1. The Balaban J connectivity index is 2.64. The van der Waals surface area contributed by atoms with Crippen molar-refractivity contribution in [1.82, 2.24) is 0 Å². The van der Waals surface area contributed by atoms with E-state index in [4.69, 9.17) is 14.5 Å². The Hall–Kier alpha value is -0.540. The van der Waals surface area contributed by atoms with E-state index in [1.807, 2.05) is 13.0 Å². The molecule has 1 aliphatic rings. The summed E-state index contributed by atoms with van der Waals surface area (Å²) in [6, 6.07) is 0. The van der Waals surface area contributed by atoms with Gasteiger partial charge in [0.2, 0.25) is 0 Å². The molecule has 0 N–H and O–H groups in total. The molecule has 0 aromatic heterocycles. The summed E-state index contributed by atoms with van der Waals surface area (Å²) in [5, 5.41) is 0. The molecule has 2 unspecified atom stereocenters. The number of rotatable bonds is 2. The molecule has 0 bridgehead atoms. The van der Waals surface area contributed by atoms with Crippen LogP contribution in [0.1, 0.15) is 27.7 Å². The molecule has 0 saturated carbocycles. The van der Waals surface area contributed by atoms with Gasteiger partial charge < -0.3 is 9.62 Å². The van der Waals surface area contributed by atoms with Gasteiger partial charge in [-0.25, -0.2) is 0 Å². The van der Waals surface area contributed by atoms with Crippen LogP contribution in [-0.2, 0) is 14.5 Å². The van der Waals surface area contributed by atoms with Gasteiger partial charge in [-0.3, -0.25) is 0 Å². The zero-order valence-electron chi connectivity index (χ0n) is 8.96. The average Bonchev–Trinajstić information content (AvgIpc) is 2.50. The van der Waals surface area contributed by atoms with Crippen LogP contribution in [0, 0.1) is 5.41 Å². The molecule has 1 aliphatic heterocycles. The second-order valence-electron chi connectivity index (χ2n) is 4.41. The monoisotopic (exact) mass is 186 g/mol. The van der Waals surface area contributed by atoms with Crippen molar-refractivity contribution in [2.45, 2.75) is 39.9 Å². The van der Waals surface area contributed by atoms with Gasteiger partial charge in [-0.05, 0) is 18.4 Å². The third-order valence-corrected chi connectivity index (χ3v) is 2.17. The summed E-state index contributed by atoms with van der Waals surface area (Å²) in [7, 11) is 1.65. The fraction of sp³-hybridized carbons (Fsp3) is 0.800. The number of hydrogen-bond acceptors (Lipinski definition) is 3. The lowest BCUT2D eigenvalue weighted by molar-refractivity contribution is -0.286. The van der Waals surface area contributed by atoms with Gasteiger partial charge in [-0.15, -0.1) is 0 Å². The molecule has 0 aromatic carbocycles. The molecule has 13 heavy (non-hydrogen) atoms. The summed E-state index contributed by atoms with van der Waals surface area (Å²) in [6.07, 6.45) is 1.96. The van der Waals surface area contributed by atoms with Gasteiger partial charge in [0.15, 0.2) is 5.76 Å². The van der Waals surface area contributed by atoms with E-state index in [0.29, 0.717) is 0 Å². The van der Waals surface area contributed by atoms with Gasteiger partial charge in [-0.2, -0.15) is 4.89 Å². The molecule has 0 radical (unpaired) electrons. The Bertz CT molecular complexity index is 203. The van der Waals surface area contributed by atoms with E-state index in [1.54, 1.807) is 7.11 Å². The Morgan fingerprint density at radius 3 is 2.46 bits per heavy atom. The van der Waals surface area contributed by atoms with Gasteiger partial charge >= 0.3 is 0 Å². The molecular weight excluding hydrogens is 168 g/mol. The predicted molar refractivity (Wildman–Crippen MR) is 50.0 cm³/mol. The summed E-state index contributed by atoms with van der Waals surface area (Å²) < 4.78 is 5.12. The fourth-order valence-corrected chi connectivity index (χ4v) is 1.03. The molecule has 0 amide bonds. The Kier molecular flexibility index (Phi) is 2.98. The van der Waals surface area contributed by atoms with E-state index in [9.17, 15) is 0 Å².